The van der Waals surface area contributed by atoms with Crippen LogP contribution in [-0.2, 0) is 0 Å². The van der Waals surface area contributed by atoms with Gasteiger partial charge in [-0.15, -0.1) is 0 Å². The molecule has 1 aliphatic heterocycles. The Hall–Kier alpha value is -0.0400. The Labute approximate surface area is 82.3 Å². The van der Waals surface area contributed by atoms with Gasteiger partial charge in [-0.25, -0.2) is 0 Å². The molecule has 1 N–H and O–H groups in total. The second kappa shape index (κ2) is 3.27. The van der Waals surface area contributed by atoms with E-state index >= 15 is 0 Å². The minimum absolute atomic E-state index is 0.605. The van der Waals surface area contributed by atoms with E-state index in [4.69, 9.17) is 0 Å². The van der Waals surface area contributed by atoms with E-state index in [1.165, 1.54) is 51.6 Å². The Morgan fingerprint density at radius 1 is 0.846 bits per heavy atom. The van der Waals surface area contributed by atoms with E-state index in [-0.39, 0.29) is 0 Å². The van der Waals surface area contributed by atoms with E-state index in [0.717, 1.165) is 0 Å². The summed E-state index contributed by atoms with van der Waals surface area (Å²) < 4.78 is 0. The summed E-state index contributed by atoms with van der Waals surface area (Å²) in [5.41, 5.74) is 1.30. The molecule has 0 aromatic carbocycles. The molecule has 1 spiro atoms. The maximum atomic E-state index is 3.49. The highest BCUT2D eigenvalue weighted by molar-refractivity contribution is 4.97. The summed E-state index contributed by atoms with van der Waals surface area (Å²) in [7, 11) is 0. The molecule has 0 radical (unpaired) electrons. The van der Waals surface area contributed by atoms with Crippen LogP contribution >= 0.6 is 0 Å². The van der Waals surface area contributed by atoms with Crippen LogP contribution in [0.1, 0.15) is 52.4 Å². The minimum Gasteiger partial charge on any atom is -0.317 e. The van der Waals surface area contributed by atoms with Crippen molar-refractivity contribution in [1.82, 2.24) is 5.32 Å². The monoisotopic (exact) mass is 181 g/mol. The van der Waals surface area contributed by atoms with Crippen LogP contribution < -0.4 is 5.32 Å². The van der Waals surface area contributed by atoms with Crippen LogP contribution in [0.3, 0.4) is 0 Å². The van der Waals surface area contributed by atoms with Crippen LogP contribution in [0, 0.1) is 10.8 Å². The Bertz CT molecular complexity index is 169. The average molecular weight is 181 g/mol. The molecule has 2 rings (SSSR count). The van der Waals surface area contributed by atoms with Crippen LogP contribution in [0.4, 0.5) is 0 Å². The third-order valence-electron chi connectivity index (χ3n) is 4.70. The van der Waals surface area contributed by atoms with E-state index in [1.807, 2.05) is 0 Å². The highest BCUT2D eigenvalue weighted by Gasteiger charge is 2.46. The second-order valence-electron chi connectivity index (χ2n) is 5.62. The van der Waals surface area contributed by atoms with Crippen molar-refractivity contribution in [2.75, 3.05) is 13.1 Å². The molecule has 2 aliphatic rings. The Morgan fingerprint density at radius 2 is 1.46 bits per heavy atom. The number of nitrogens with one attached hydrogen (secondary N) is 1. The van der Waals surface area contributed by atoms with Crippen molar-refractivity contribution < 1.29 is 0 Å². The zero-order valence-electron chi connectivity index (χ0n) is 9.16. The lowest BCUT2D eigenvalue weighted by atomic mass is 9.54. The first kappa shape index (κ1) is 9.51. The lowest BCUT2D eigenvalue weighted by molar-refractivity contribution is -0.0125. The Balaban J connectivity index is 2.16. The highest BCUT2D eigenvalue weighted by atomic mass is 14.9. The fourth-order valence-electron chi connectivity index (χ4n) is 3.47. The smallest absolute Gasteiger partial charge is 0.00434 e. The van der Waals surface area contributed by atoms with Gasteiger partial charge in [-0.2, -0.15) is 0 Å². The van der Waals surface area contributed by atoms with Crippen molar-refractivity contribution in [3.05, 3.63) is 0 Å². The fourth-order valence-corrected chi connectivity index (χ4v) is 3.47. The second-order valence-corrected chi connectivity index (χ2v) is 5.62. The van der Waals surface area contributed by atoms with Crippen molar-refractivity contribution in [1.29, 1.82) is 0 Å². The first-order valence-corrected chi connectivity index (χ1v) is 5.87. The summed E-state index contributed by atoms with van der Waals surface area (Å²) >= 11 is 0. The van der Waals surface area contributed by atoms with Gasteiger partial charge >= 0.3 is 0 Å². The van der Waals surface area contributed by atoms with Crippen LogP contribution in [0.2, 0.25) is 0 Å². The molecular weight excluding hydrogens is 158 g/mol. The molecule has 0 aromatic heterocycles. The van der Waals surface area contributed by atoms with Gasteiger partial charge in [0.1, 0.15) is 0 Å². The first-order valence-electron chi connectivity index (χ1n) is 5.87. The molecule has 1 heteroatoms. The summed E-state index contributed by atoms with van der Waals surface area (Å²) in [5, 5.41) is 3.49. The van der Waals surface area contributed by atoms with E-state index in [1.54, 1.807) is 0 Å². The average Bonchev–Trinajstić information content (AvgIpc) is 2.12. The van der Waals surface area contributed by atoms with Crippen LogP contribution in [-0.4, -0.2) is 13.1 Å². The van der Waals surface area contributed by atoms with Gasteiger partial charge in [0.05, 0.1) is 0 Å². The minimum atomic E-state index is 0.605. The zero-order chi connectivity index (χ0) is 9.36. The molecule has 13 heavy (non-hydrogen) atoms. The molecule has 0 atom stereocenters. The molecule has 1 saturated carbocycles. The van der Waals surface area contributed by atoms with Gasteiger partial charge < -0.3 is 5.32 Å². The Morgan fingerprint density at radius 3 is 2.08 bits per heavy atom. The Kier molecular flexibility index (Phi) is 2.39. The lowest BCUT2D eigenvalue weighted by Gasteiger charge is -2.53. The summed E-state index contributed by atoms with van der Waals surface area (Å²) in [6, 6.07) is 0. The molecule has 0 aromatic rings. The summed E-state index contributed by atoms with van der Waals surface area (Å²) in [6.45, 7) is 7.50. The van der Waals surface area contributed by atoms with E-state index in [0.29, 0.717) is 10.8 Å². The highest BCUT2D eigenvalue weighted by Crippen LogP contribution is 2.55. The topological polar surface area (TPSA) is 12.0 Å². The van der Waals surface area contributed by atoms with Gasteiger partial charge in [0.2, 0.25) is 0 Å². The molecule has 0 unspecified atom stereocenters. The summed E-state index contributed by atoms with van der Waals surface area (Å²) in [6.07, 6.45) is 8.71. The third-order valence-corrected chi connectivity index (χ3v) is 4.70. The molecule has 0 amide bonds. The molecule has 1 nitrogen and oxygen atoms in total. The van der Waals surface area contributed by atoms with Gasteiger partial charge in [-0.05, 0) is 49.6 Å². The van der Waals surface area contributed by atoms with Gasteiger partial charge in [0.25, 0.3) is 0 Å². The van der Waals surface area contributed by atoms with E-state index < -0.39 is 0 Å². The molecule has 0 bridgehead atoms. The molecule has 1 aliphatic carbocycles. The molecule has 1 heterocycles. The number of hydrogen-bond donors (Lipinski definition) is 1. The third kappa shape index (κ3) is 1.52. The number of hydrogen-bond acceptors (Lipinski definition) is 1. The lowest BCUT2D eigenvalue weighted by Crippen LogP contribution is -2.47. The normalized spacial score (nSPS) is 31.8. The predicted molar refractivity (Wildman–Crippen MR) is 56.8 cm³/mol. The van der Waals surface area contributed by atoms with Crippen LogP contribution in [0.5, 0.6) is 0 Å². The maximum Gasteiger partial charge on any atom is -0.00434 e. The fraction of sp³-hybridized carbons (Fsp3) is 1.00. The van der Waals surface area contributed by atoms with Crippen molar-refractivity contribution in [3.8, 4) is 0 Å². The van der Waals surface area contributed by atoms with Crippen LogP contribution in [0.15, 0.2) is 0 Å². The zero-order valence-corrected chi connectivity index (χ0v) is 9.16. The molecule has 76 valence electrons. The van der Waals surface area contributed by atoms with Gasteiger partial charge in [-0.1, -0.05) is 26.7 Å². The van der Waals surface area contributed by atoms with Crippen molar-refractivity contribution in [2.45, 2.75) is 52.4 Å². The first-order chi connectivity index (χ1) is 6.16. The van der Waals surface area contributed by atoms with Crippen molar-refractivity contribution in [3.63, 3.8) is 0 Å². The molecule has 2 fully saturated rings. The predicted octanol–water partition coefficient (Wildman–Crippen LogP) is 2.96. The van der Waals surface area contributed by atoms with Crippen LogP contribution in [0.25, 0.3) is 0 Å². The quantitative estimate of drug-likeness (QED) is 0.606. The molecule has 1 saturated heterocycles. The largest absolute Gasteiger partial charge is 0.317 e. The van der Waals surface area contributed by atoms with Gasteiger partial charge in [0.15, 0.2) is 0 Å². The van der Waals surface area contributed by atoms with E-state index in [2.05, 4.69) is 19.2 Å². The molecular formula is C12H23N. The summed E-state index contributed by atoms with van der Waals surface area (Å²) in [4.78, 5) is 0. The SMILES string of the molecule is CC1(C)CCCCC12CCNCC2. The maximum absolute atomic E-state index is 3.49. The number of rotatable bonds is 0. The van der Waals surface area contributed by atoms with Gasteiger partial charge in [-0.3, -0.25) is 0 Å². The van der Waals surface area contributed by atoms with E-state index in [9.17, 15) is 0 Å². The van der Waals surface area contributed by atoms with Crippen molar-refractivity contribution in [2.24, 2.45) is 10.8 Å². The van der Waals surface area contributed by atoms with Crippen molar-refractivity contribution >= 4 is 0 Å². The van der Waals surface area contributed by atoms with Gasteiger partial charge in [0, 0.05) is 0 Å². The standard InChI is InChI=1S/C12H23N/c1-11(2)5-3-4-6-12(11)7-9-13-10-8-12/h13H,3-10H2,1-2H3. The number of piperidine rings is 1. The summed E-state index contributed by atoms with van der Waals surface area (Å²) in [5.74, 6) is 0.